The Hall–Kier alpha value is -1.34. The van der Waals surface area contributed by atoms with E-state index in [9.17, 15) is 0 Å². The molecule has 0 aromatic heterocycles. The van der Waals surface area contributed by atoms with E-state index in [2.05, 4.69) is 81.4 Å². The first kappa shape index (κ1) is 16.1. The Morgan fingerprint density at radius 1 is 0.833 bits per heavy atom. The van der Waals surface area contributed by atoms with Crippen molar-refractivity contribution < 1.29 is 0 Å². The average Bonchev–Trinajstić information content (AvgIpc) is 3.16. The molecule has 1 saturated carbocycles. The summed E-state index contributed by atoms with van der Waals surface area (Å²) in [4.78, 5) is 0. The maximum atomic E-state index is 2.45. The van der Waals surface area contributed by atoms with E-state index in [-0.39, 0.29) is 0 Å². The van der Waals surface area contributed by atoms with Gasteiger partial charge in [-0.25, -0.2) is 0 Å². The third-order valence-corrected chi connectivity index (χ3v) is 12.8. The molecule has 0 amide bonds. The molecule has 1 heteroatoms. The molecular weight excluding hydrogens is 304 g/mol. The maximum Gasteiger partial charge on any atom is 0.124 e. The maximum absolute atomic E-state index is 2.45. The molecule has 1 aliphatic carbocycles. The van der Waals surface area contributed by atoms with Crippen LogP contribution < -0.4 is 10.4 Å². The fourth-order valence-corrected chi connectivity index (χ4v) is 13.5. The van der Waals surface area contributed by atoms with Crippen molar-refractivity contribution in [2.75, 3.05) is 0 Å². The highest BCUT2D eigenvalue weighted by Gasteiger charge is 2.61. The van der Waals surface area contributed by atoms with Crippen LogP contribution in [0.25, 0.3) is 0 Å². The molecule has 4 rings (SSSR count). The predicted octanol–water partition coefficient (Wildman–Crippen LogP) is 5.24. The van der Waals surface area contributed by atoms with Crippen LogP contribution in [0.5, 0.6) is 0 Å². The fourth-order valence-electron chi connectivity index (χ4n) is 5.95. The molecule has 2 fully saturated rings. The van der Waals surface area contributed by atoms with E-state index in [0.717, 1.165) is 17.0 Å². The van der Waals surface area contributed by atoms with Crippen LogP contribution in [0, 0.1) is 11.3 Å². The lowest BCUT2D eigenvalue weighted by Gasteiger charge is -2.45. The zero-order chi connectivity index (χ0) is 16.8. The summed E-state index contributed by atoms with van der Waals surface area (Å²) in [6, 6.07) is 23.3. The quantitative estimate of drug-likeness (QED) is 0.673. The Morgan fingerprint density at radius 3 is 1.88 bits per heavy atom. The summed E-state index contributed by atoms with van der Waals surface area (Å²) in [5.74, 6) is 0.960. The third-order valence-electron chi connectivity index (χ3n) is 6.61. The van der Waals surface area contributed by atoms with Crippen molar-refractivity contribution >= 4 is 18.4 Å². The summed E-state index contributed by atoms with van der Waals surface area (Å²) in [5.41, 5.74) is 2.26. The van der Waals surface area contributed by atoms with Crippen LogP contribution in [0.4, 0.5) is 0 Å². The van der Waals surface area contributed by atoms with Crippen LogP contribution in [-0.4, -0.2) is 8.07 Å². The minimum Gasteiger partial charge on any atom is -0.0626 e. The highest BCUT2D eigenvalue weighted by atomic mass is 28.3. The van der Waals surface area contributed by atoms with Gasteiger partial charge in [-0.1, -0.05) is 105 Å². The van der Waals surface area contributed by atoms with Gasteiger partial charge < -0.3 is 0 Å². The van der Waals surface area contributed by atoms with Crippen molar-refractivity contribution in [1.82, 2.24) is 0 Å². The first-order valence-electron chi connectivity index (χ1n) is 9.63. The van der Waals surface area contributed by atoms with Gasteiger partial charge in [0.05, 0.1) is 0 Å². The summed E-state index contributed by atoms with van der Waals surface area (Å²) < 4.78 is 0. The fraction of sp³-hybridized carbons (Fsp3) is 0.478. The number of hydrogen-bond acceptors (Lipinski definition) is 0. The average molecular weight is 335 g/mol. The van der Waals surface area contributed by atoms with Crippen molar-refractivity contribution in [3.8, 4) is 0 Å². The summed E-state index contributed by atoms with van der Waals surface area (Å²) in [6.45, 7) is 7.32. The highest BCUT2D eigenvalue weighted by Crippen LogP contribution is 2.62. The Morgan fingerprint density at radius 2 is 1.38 bits per heavy atom. The van der Waals surface area contributed by atoms with Gasteiger partial charge in [-0.15, -0.1) is 0 Å². The molecule has 2 aliphatic rings. The third kappa shape index (κ3) is 2.49. The second kappa shape index (κ2) is 5.88. The van der Waals surface area contributed by atoms with Gasteiger partial charge >= 0.3 is 0 Å². The van der Waals surface area contributed by atoms with Crippen LogP contribution in [0.2, 0.25) is 11.1 Å². The van der Waals surface area contributed by atoms with Crippen molar-refractivity contribution in [3.05, 3.63) is 60.7 Å². The molecule has 0 radical (unpaired) electrons. The molecule has 3 atom stereocenters. The van der Waals surface area contributed by atoms with Gasteiger partial charge in [0.15, 0.2) is 0 Å². The normalized spacial score (nSPS) is 28.2. The van der Waals surface area contributed by atoms with Crippen LogP contribution in [0.15, 0.2) is 60.7 Å². The predicted molar refractivity (Wildman–Crippen MR) is 107 cm³/mol. The van der Waals surface area contributed by atoms with Crippen molar-refractivity contribution in [2.24, 2.45) is 11.3 Å². The first-order valence-corrected chi connectivity index (χ1v) is 11.8. The zero-order valence-corrected chi connectivity index (χ0v) is 16.3. The molecule has 2 aromatic rings. The summed E-state index contributed by atoms with van der Waals surface area (Å²) in [6.07, 6.45) is 5.79. The molecule has 2 bridgehead atoms. The first-order chi connectivity index (χ1) is 11.5. The van der Waals surface area contributed by atoms with Gasteiger partial charge in [-0.05, 0) is 35.3 Å². The lowest BCUT2D eigenvalue weighted by Crippen LogP contribution is -2.63. The van der Waals surface area contributed by atoms with E-state index in [1.54, 1.807) is 10.4 Å². The number of fused-ring (bicyclic) bond motifs is 2. The topological polar surface area (TPSA) is 0 Å². The Balaban J connectivity index is 1.91. The van der Waals surface area contributed by atoms with Crippen LogP contribution in [0.1, 0.15) is 46.5 Å². The zero-order valence-electron chi connectivity index (χ0n) is 15.3. The molecule has 1 aliphatic heterocycles. The van der Waals surface area contributed by atoms with Crippen molar-refractivity contribution in [1.29, 1.82) is 0 Å². The second-order valence-corrected chi connectivity index (χ2v) is 13.7. The SMILES string of the molecule is CC(C)(C)CC1C2CCC(C2)[Si]1(c1ccccc1)c1ccccc1. The molecule has 0 nitrogen and oxygen atoms in total. The second-order valence-electron chi connectivity index (χ2n) is 9.24. The summed E-state index contributed by atoms with van der Waals surface area (Å²) in [7, 11) is -1.70. The number of benzene rings is 2. The van der Waals surface area contributed by atoms with Gasteiger partial charge in [0.25, 0.3) is 0 Å². The highest BCUT2D eigenvalue weighted by molar-refractivity contribution is 7.05. The molecule has 1 heterocycles. The molecule has 1 saturated heterocycles. The van der Waals surface area contributed by atoms with Gasteiger partial charge in [0.2, 0.25) is 0 Å². The van der Waals surface area contributed by atoms with E-state index in [1.165, 1.54) is 25.7 Å². The molecule has 24 heavy (non-hydrogen) atoms. The summed E-state index contributed by atoms with van der Waals surface area (Å²) >= 11 is 0. The van der Waals surface area contributed by atoms with E-state index in [4.69, 9.17) is 0 Å². The van der Waals surface area contributed by atoms with Crippen LogP contribution in [0.3, 0.4) is 0 Å². The Kier molecular flexibility index (Phi) is 3.95. The van der Waals surface area contributed by atoms with E-state index < -0.39 is 8.07 Å². The smallest absolute Gasteiger partial charge is 0.0626 e. The van der Waals surface area contributed by atoms with E-state index in [1.807, 2.05) is 0 Å². The molecule has 3 unspecified atom stereocenters. The van der Waals surface area contributed by atoms with Gasteiger partial charge in [-0.2, -0.15) is 0 Å². The standard InChI is InChI=1S/C23H30Si/c1-23(2,3)17-22-18-14-15-21(16-18)24(22,19-10-6-4-7-11-19)20-12-8-5-9-13-20/h4-13,18,21-22H,14-17H2,1-3H3. The van der Waals surface area contributed by atoms with E-state index >= 15 is 0 Å². The Bertz CT molecular complexity index is 643. The van der Waals surface area contributed by atoms with Gasteiger partial charge in [0.1, 0.15) is 8.07 Å². The minimum atomic E-state index is -1.70. The largest absolute Gasteiger partial charge is 0.124 e. The Labute approximate surface area is 148 Å². The minimum absolute atomic E-state index is 0.414. The lowest BCUT2D eigenvalue weighted by molar-refractivity contribution is 0.325. The van der Waals surface area contributed by atoms with Crippen molar-refractivity contribution in [3.63, 3.8) is 0 Å². The molecular formula is C23H30Si. The summed E-state index contributed by atoms with van der Waals surface area (Å²) in [5, 5.41) is 3.38. The van der Waals surface area contributed by atoms with Crippen molar-refractivity contribution in [2.45, 2.75) is 57.5 Å². The molecule has 2 aromatic carbocycles. The molecule has 0 spiro atoms. The number of rotatable bonds is 3. The van der Waals surface area contributed by atoms with Crippen LogP contribution >= 0.6 is 0 Å². The molecule has 0 N–H and O–H groups in total. The number of hydrogen-bond donors (Lipinski definition) is 0. The molecule has 126 valence electrons. The monoisotopic (exact) mass is 334 g/mol. The lowest BCUT2D eigenvalue weighted by atomic mass is 9.86. The van der Waals surface area contributed by atoms with Gasteiger partial charge in [-0.3, -0.25) is 0 Å². The van der Waals surface area contributed by atoms with Crippen LogP contribution in [-0.2, 0) is 0 Å². The van der Waals surface area contributed by atoms with Gasteiger partial charge in [0, 0.05) is 0 Å². The van der Waals surface area contributed by atoms with E-state index in [0.29, 0.717) is 5.41 Å².